The van der Waals surface area contributed by atoms with Crippen molar-refractivity contribution >= 4 is 5.91 Å². The number of hydrogen-bond donors (Lipinski definition) is 1. The van der Waals surface area contributed by atoms with Crippen molar-refractivity contribution in [2.45, 2.75) is 84.5 Å². The van der Waals surface area contributed by atoms with Gasteiger partial charge in [0.05, 0.1) is 0 Å². The second kappa shape index (κ2) is 8.17. The van der Waals surface area contributed by atoms with Gasteiger partial charge in [-0.1, -0.05) is 20.3 Å². The van der Waals surface area contributed by atoms with E-state index in [2.05, 4.69) is 19.2 Å². The summed E-state index contributed by atoms with van der Waals surface area (Å²) in [4.78, 5) is 13.2. The first-order valence-electron chi connectivity index (χ1n) is 12.9. The van der Waals surface area contributed by atoms with Crippen LogP contribution in [0.5, 0.6) is 0 Å². The van der Waals surface area contributed by atoms with Crippen molar-refractivity contribution < 1.29 is 9.53 Å². The molecule has 0 aromatic rings. The molecular weight excluding hydrogens is 358 g/mol. The highest BCUT2D eigenvalue weighted by atomic mass is 16.5. The average molecular weight is 402 g/mol. The quantitative estimate of drug-likeness (QED) is 0.684. The molecule has 1 aliphatic heterocycles. The first kappa shape index (κ1) is 20.3. The third kappa shape index (κ3) is 3.68. The minimum atomic E-state index is 0.260. The number of nitrogens with one attached hydrogen (secondary N) is 1. The molecule has 5 aliphatic rings. The molecule has 4 saturated carbocycles. The molecule has 1 saturated heterocycles. The molecule has 1 N–H and O–H groups in total. The maximum atomic E-state index is 13.2. The molecule has 164 valence electrons. The molecule has 3 nitrogen and oxygen atoms in total. The second-order valence-electron chi connectivity index (χ2n) is 11.8. The van der Waals surface area contributed by atoms with Crippen LogP contribution in [0, 0.1) is 52.8 Å². The Balaban J connectivity index is 1.23. The maximum absolute atomic E-state index is 13.2. The topological polar surface area (TPSA) is 38.3 Å². The van der Waals surface area contributed by atoms with Crippen LogP contribution >= 0.6 is 0 Å². The lowest BCUT2D eigenvalue weighted by Gasteiger charge is -2.56. The standard InChI is InChI=1S/C26H43NO2/c1-17-3-5-20-19(15-17)4-6-22-21(20)9-12-26(2)23(22)7-8-24(26)25(28)27-16-18-10-13-29-14-11-18/h17-24H,3-16H2,1-2H3,(H,27,28)/t17?,19-,20?,21?,22-,23?,24-,26?/m1/s1. The highest BCUT2D eigenvalue weighted by molar-refractivity contribution is 5.80. The van der Waals surface area contributed by atoms with E-state index in [0.29, 0.717) is 11.8 Å². The Labute approximate surface area is 178 Å². The van der Waals surface area contributed by atoms with Gasteiger partial charge in [0.25, 0.3) is 0 Å². The fourth-order valence-electron chi connectivity index (χ4n) is 8.84. The molecule has 0 spiro atoms. The summed E-state index contributed by atoms with van der Waals surface area (Å²) >= 11 is 0. The molecule has 8 atom stereocenters. The van der Waals surface area contributed by atoms with Gasteiger partial charge in [-0.05, 0) is 111 Å². The summed E-state index contributed by atoms with van der Waals surface area (Å²) in [5, 5.41) is 3.38. The normalized spacial score (nSPS) is 47.7. The first-order chi connectivity index (χ1) is 14.1. The number of rotatable bonds is 3. The van der Waals surface area contributed by atoms with Crippen molar-refractivity contribution in [1.29, 1.82) is 0 Å². The zero-order chi connectivity index (χ0) is 20.0. The Bertz CT molecular complexity index is 600. The summed E-state index contributed by atoms with van der Waals surface area (Å²) in [5.74, 6) is 6.94. The van der Waals surface area contributed by atoms with Gasteiger partial charge in [-0.25, -0.2) is 0 Å². The van der Waals surface area contributed by atoms with Crippen molar-refractivity contribution in [2.24, 2.45) is 52.8 Å². The number of carbonyl (C=O) groups is 1. The Morgan fingerprint density at radius 2 is 1.72 bits per heavy atom. The van der Waals surface area contributed by atoms with Crippen LogP contribution in [0.25, 0.3) is 0 Å². The summed E-state index contributed by atoms with van der Waals surface area (Å²) in [6.45, 7) is 7.57. The van der Waals surface area contributed by atoms with Gasteiger partial charge in [-0.2, -0.15) is 0 Å². The SMILES string of the molecule is CC1CCC2C3CCC4(C)C(CC[C@@H]4C(=O)NCC4CCOCC4)[C@@H]3CC[C@@H]2C1. The van der Waals surface area contributed by atoms with Crippen LogP contribution in [0.1, 0.15) is 84.5 Å². The van der Waals surface area contributed by atoms with Gasteiger partial charge in [0, 0.05) is 25.7 Å². The van der Waals surface area contributed by atoms with E-state index < -0.39 is 0 Å². The second-order valence-corrected chi connectivity index (χ2v) is 11.8. The molecule has 0 bridgehead atoms. The van der Waals surface area contributed by atoms with E-state index in [1.54, 1.807) is 0 Å². The van der Waals surface area contributed by atoms with Crippen LogP contribution in [0.3, 0.4) is 0 Å². The number of hydrogen-bond acceptors (Lipinski definition) is 2. The van der Waals surface area contributed by atoms with Crippen molar-refractivity contribution in [3.8, 4) is 0 Å². The van der Waals surface area contributed by atoms with Crippen LogP contribution in [0.2, 0.25) is 0 Å². The van der Waals surface area contributed by atoms with E-state index in [-0.39, 0.29) is 11.3 Å². The Hall–Kier alpha value is -0.570. The highest BCUT2D eigenvalue weighted by Crippen LogP contribution is 2.64. The predicted octanol–water partition coefficient (Wildman–Crippen LogP) is 5.43. The molecule has 4 aliphatic carbocycles. The molecule has 5 rings (SSSR count). The predicted molar refractivity (Wildman–Crippen MR) is 116 cm³/mol. The van der Waals surface area contributed by atoms with E-state index in [4.69, 9.17) is 4.74 Å². The van der Waals surface area contributed by atoms with Crippen molar-refractivity contribution in [3.63, 3.8) is 0 Å². The monoisotopic (exact) mass is 401 g/mol. The maximum Gasteiger partial charge on any atom is 0.223 e. The van der Waals surface area contributed by atoms with Gasteiger partial charge in [0.1, 0.15) is 0 Å². The number of carbonyl (C=O) groups excluding carboxylic acids is 1. The third-order valence-electron chi connectivity index (χ3n) is 10.4. The van der Waals surface area contributed by atoms with E-state index in [0.717, 1.165) is 74.5 Å². The smallest absolute Gasteiger partial charge is 0.223 e. The molecule has 3 heteroatoms. The molecule has 0 aromatic carbocycles. The van der Waals surface area contributed by atoms with Gasteiger partial charge in [0.15, 0.2) is 0 Å². The number of amides is 1. The lowest BCUT2D eigenvalue weighted by Crippen LogP contribution is -2.50. The van der Waals surface area contributed by atoms with E-state index in [9.17, 15) is 4.79 Å². The summed E-state index contributed by atoms with van der Waals surface area (Å²) < 4.78 is 5.47. The van der Waals surface area contributed by atoms with Gasteiger partial charge in [0.2, 0.25) is 5.91 Å². The van der Waals surface area contributed by atoms with E-state index in [1.165, 1.54) is 51.4 Å². The van der Waals surface area contributed by atoms with Gasteiger partial charge >= 0.3 is 0 Å². The van der Waals surface area contributed by atoms with Crippen LogP contribution in [0.15, 0.2) is 0 Å². The summed E-state index contributed by atoms with van der Waals surface area (Å²) in [6.07, 6.45) is 14.7. The third-order valence-corrected chi connectivity index (χ3v) is 10.4. The Morgan fingerprint density at radius 3 is 2.55 bits per heavy atom. The molecule has 29 heavy (non-hydrogen) atoms. The minimum absolute atomic E-state index is 0.260. The van der Waals surface area contributed by atoms with E-state index in [1.807, 2.05) is 0 Å². The first-order valence-corrected chi connectivity index (χ1v) is 12.9. The minimum Gasteiger partial charge on any atom is -0.381 e. The van der Waals surface area contributed by atoms with Crippen LogP contribution in [0.4, 0.5) is 0 Å². The molecule has 5 unspecified atom stereocenters. The van der Waals surface area contributed by atoms with E-state index >= 15 is 0 Å². The van der Waals surface area contributed by atoms with Crippen molar-refractivity contribution in [3.05, 3.63) is 0 Å². The number of ether oxygens (including phenoxy) is 1. The molecule has 0 aromatic heterocycles. The molecular formula is C26H43NO2. The Morgan fingerprint density at radius 1 is 0.931 bits per heavy atom. The lowest BCUT2D eigenvalue weighted by atomic mass is 9.49. The summed E-state index contributed by atoms with van der Waals surface area (Å²) in [7, 11) is 0. The van der Waals surface area contributed by atoms with Gasteiger partial charge in [-0.15, -0.1) is 0 Å². The number of fused-ring (bicyclic) bond motifs is 5. The molecule has 1 heterocycles. The van der Waals surface area contributed by atoms with Crippen molar-refractivity contribution in [2.75, 3.05) is 19.8 Å². The largest absolute Gasteiger partial charge is 0.381 e. The fraction of sp³-hybridized carbons (Fsp3) is 0.962. The highest BCUT2D eigenvalue weighted by Gasteiger charge is 2.58. The van der Waals surface area contributed by atoms with Gasteiger partial charge in [-0.3, -0.25) is 4.79 Å². The van der Waals surface area contributed by atoms with Gasteiger partial charge < -0.3 is 10.1 Å². The average Bonchev–Trinajstić information content (AvgIpc) is 3.09. The lowest BCUT2D eigenvalue weighted by molar-refractivity contribution is -0.133. The molecule has 0 radical (unpaired) electrons. The zero-order valence-corrected chi connectivity index (χ0v) is 18.8. The molecule has 1 amide bonds. The van der Waals surface area contributed by atoms with Crippen molar-refractivity contribution in [1.82, 2.24) is 5.32 Å². The zero-order valence-electron chi connectivity index (χ0n) is 18.8. The fourth-order valence-corrected chi connectivity index (χ4v) is 8.84. The summed E-state index contributed by atoms with van der Waals surface area (Å²) in [6, 6.07) is 0. The van der Waals surface area contributed by atoms with Crippen LogP contribution in [-0.2, 0) is 9.53 Å². The summed E-state index contributed by atoms with van der Waals surface area (Å²) in [5.41, 5.74) is 0.260. The molecule has 5 fully saturated rings. The van der Waals surface area contributed by atoms with Crippen LogP contribution < -0.4 is 5.32 Å². The Kier molecular flexibility index (Phi) is 5.73. The van der Waals surface area contributed by atoms with Crippen LogP contribution in [-0.4, -0.2) is 25.7 Å².